The number of furan rings is 3. The first-order chi connectivity index (χ1) is 31.0. The van der Waals surface area contributed by atoms with Gasteiger partial charge in [-0.15, -0.1) is 0 Å². The highest BCUT2D eigenvalue weighted by Crippen LogP contribution is 2.29. The highest BCUT2D eigenvalue weighted by Gasteiger charge is 2.23. The van der Waals surface area contributed by atoms with Crippen molar-refractivity contribution < 1.29 is 13.3 Å². The highest BCUT2D eigenvalue weighted by atomic mass is 35.5. The van der Waals surface area contributed by atoms with Gasteiger partial charge in [-0.25, -0.2) is 15.0 Å². The standard InChI is InChI=1S/C15H14ClN5O.C15H17ClN4O.C14H12ClN5O/c1-15(2,9-17)21-6-5-11-12(19-14(16)20-13(11)21)18-8-10-4-3-7-22-10;1-17-7-9-20-8-6-12-13(18-15(16)19-14(12)20)5-4-11-3-2-10-21-11;1-9(7-16)20-5-4-11-12(18-14(15)19-13(11)20)17-8-10-3-2-6-21-10/h3-7H,8H2,1-2H3,(H,18,19,20);2-3,6,8,10,17H,4-5,7,9H2,1H3;2-6,9H,8H2,1H3,(H,17,18,19)/t;;9-/m..0/s1. The second-order valence-corrected chi connectivity index (χ2v) is 15.8. The van der Waals surface area contributed by atoms with Crippen molar-refractivity contribution in [3.05, 3.63) is 131 Å². The second kappa shape index (κ2) is 20.5. The molecule has 9 heterocycles. The Morgan fingerprint density at radius 1 is 0.672 bits per heavy atom. The fraction of sp³-hybridized carbons (Fsp3) is 0.273. The van der Waals surface area contributed by atoms with Crippen molar-refractivity contribution in [2.24, 2.45) is 0 Å². The Kier molecular flexibility index (Phi) is 14.5. The number of hydrogen-bond donors (Lipinski definition) is 3. The van der Waals surface area contributed by atoms with Crippen molar-refractivity contribution in [1.29, 1.82) is 10.5 Å². The van der Waals surface area contributed by atoms with Gasteiger partial charge >= 0.3 is 0 Å². The molecule has 0 aliphatic rings. The lowest BCUT2D eigenvalue weighted by Crippen LogP contribution is -2.23. The van der Waals surface area contributed by atoms with E-state index in [-0.39, 0.29) is 16.6 Å². The van der Waals surface area contributed by atoms with Crippen LogP contribution in [0.25, 0.3) is 33.1 Å². The predicted molar refractivity (Wildman–Crippen MR) is 245 cm³/mol. The summed E-state index contributed by atoms with van der Waals surface area (Å²) in [5, 5.41) is 31.1. The number of fused-ring (bicyclic) bond motifs is 3. The number of nitrogens with zero attached hydrogens (tertiary/aromatic N) is 11. The van der Waals surface area contributed by atoms with Crippen molar-refractivity contribution in [2.45, 2.75) is 64.8 Å². The molecule has 1 atom stereocenters. The highest BCUT2D eigenvalue weighted by molar-refractivity contribution is 6.29. The van der Waals surface area contributed by atoms with E-state index in [1.807, 2.05) is 88.0 Å². The molecule has 328 valence electrons. The molecule has 64 heavy (non-hydrogen) atoms. The molecule has 9 aromatic heterocycles. The summed E-state index contributed by atoms with van der Waals surface area (Å²) in [6, 6.07) is 21.1. The van der Waals surface area contributed by atoms with E-state index in [0.717, 1.165) is 70.7 Å². The van der Waals surface area contributed by atoms with Crippen LogP contribution in [0.4, 0.5) is 11.6 Å². The summed E-state index contributed by atoms with van der Waals surface area (Å²) >= 11 is 18.1. The number of nitriles is 2. The van der Waals surface area contributed by atoms with Crippen LogP contribution in [0.1, 0.15) is 49.8 Å². The van der Waals surface area contributed by atoms with Gasteiger partial charge in [0.2, 0.25) is 15.9 Å². The summed E-state index contributed by atoms with van der Waals surface area (Å²) in [7, 11) is 1.93. The van der Waals surface area contributed by atoms with Crippen LogP contribution in [0.3, 0.4) is 0 Å². The molecule has 0 fully saturated rings. The number of anilines is 2. The van der Waals surface area contributed by atoms with E-state index >= 15 is 0 Å². The van der Waals surface area contributed by atoms with Crippen LogP contribution in [0, 0.1) is 22.7 Å². The van der Waals surface area contributed by atoms with Gasteiger partial charge in [0.1, 0.15) is 57.4 Å². The van der Waals surface area contributed by atoms with Gasteiger partial charge in [-0.2, -0.15) is 25.5 Å². The largest absolute Gasteiger partial charge is 0.469 e. The summed E-state index contributed by atoms with van der Waals surface area (Å²) in [6.45, 7) is 8.15. The monoisotopic (exact) mass is 920 g/mol. The fourth-order valence-corrected chi connectivity index (χ4v) is 7.22. The van der Waals surface area contributed by atoms with E-state index in [1.54, 1.807) is 34.8 Å². The molecule has 0 saturated heterocycles. The minimum atomic E-state index is -0.724. The van der Waals surface area contributed by atoms with Crippen molar-refractivity contribution in [3.63, 3.8) is 0 Å². The van der Waals surface area contributed by atoms with E-state index in [2.05, 4.69) is 68.6 Å². The SMILES string of the molecule is CC(C)(C#N)n1ccc2c(NCc3ccco3)nc(Cl)nc21.CNCCn1ccc2c(CCc3ccco3)nc(Cl)nc21.C[C@@H](C#N)n1ccc2c(NCc3ccco3)nc(Cl)nc21. The maximum absolute atomic E-state index is 9.32. The summed E-state index contributed by atoms with van der Waals surface area (Å²) in [5.74, 6) is 3.76. The molecule has 0 spiro atoms. The maximum atomic E-state index is 9.32. The lowest BCUT2D eigenvalue weighted by molar-refractivity contribution is 0.482. The fourth-order valence-electron chi connectivity index (χ4n) is 6.71. The molecule has 0 aromatic carbocycles. The molecule has 20 heteroatoms. The molecule has 0 aliphatic carbocycles. The zero-order chi connectivity index (χ0) is 45.2. The quantitative estimate of drug-likeness (QED) is 0.0866. The van der Waals surface area contributed by atoms with Crippen molar-refractivity contribution >= 4 is 79.5 Å². The number of hydrogen-bond acceptors (Lipinski definition) is 14. The Hall–Kier alpha value is -6.89. The summed E-state index contributed by atoms with van der Waals surface area (Å²) in [5.41, 5.74) is 2.38. The number of halogens is 3. The van der Waals surface area contributed by atoms with Gasteiger partial charge in [-0.1, -0.05) is 0 Å². The first kappa shape index (κ1) is 45.1. The summed E-state index contributed by atoms with van der Waals surface area (Å²) in [4.78, 5) is 25.6. The van der Waals surface area contributed by atoms with Crippen LogP contribution in [-0.2, 0) is 38.0 Å². The predicted octanol–water partition coefficient (Wildman–Crippen LogP) is 9.61. The van der Waals surface area contributed by atoms with Gasteiger partial charge in [-0.3, -0.25) is 0 Å². The minimum absolute atomic E-state index is 0.128. The molecule has 0 radical (unpaired) electrons. The lowest BCUT2D eigenvalue weighted by Gasteiger charge is -2.18. The van der Waals surface area contributed by atoms with Crippen molar-refractivity contribution in [3.8, 4) is 12.1 Å². The van der Waals surface area contributed by atoms with Gasteiger partial charge in [0.05, 0.1) is 60.5 Å². The molecule has 0 unspecified atom stereocenters. The molecule has 0 bridgehead atoms. The van der Waals surface area contributed by atoms with Crippen LogP contribution >= 0.6 is 34.8 Å². The van der Waals surface area contributed by atoms with Crippen LogP contribution < -0.4 is 16.0 Å². The normalized spacial score (nSPS) is 11.7. The van der Waals surface area contributed by atoms with Gasteiger partial charge in [0.15, 0.2) is 0 Å². The topological polar surface area (TPSA) is 215 Å². The Morgan fingerprint density at radius 3 is 1.80 bits per heavy atom. The average molecular weight is 922 g/mol. The molecular weight excluding hydrogens is 879 g/mol. The second-order valence-electron chi connectivity index (χ2n) is 14.8. The van der Waals surface area contributed by atoms with Crippen LogP contribution in [0.15, 0.2) is 105 Å². The molecule has 3 N–H and O–H groups in total. The first-order valence-corrected chi connectivity index (χ1v) is 21.2. The zero-order valence-electron chi connectivity index (χ0n) is 35.3. The van der Waals surface area contributed by atoms with Gasteiger partial charge in [-0.05, 0) is 124 Å². The maximum Gasteiger partial charge on any atom is 0.226 e. The van der Waals surface area contributed by atoms with Crippen molar-refractivity contribution in [2.75, 3.05) is 24.2 Å². The van der Waals surface area contributed by atoms with E-state index in [0.29, 0.717) is 41.3 Å². The molecule has 9 rings (SSSR count). The van der Waals surface area contributed by atoms with E-state index in [1.165, 1.54) is 0 Å². The van der Waals surface area contributed by atoms with E-state index in [9.17, 15) is 5.26 Å². The Morgan fingerprint density at radius 2 is 1.22 bits per heavy atom. The van der Waals surface area contributed by atoms with Gasteiger partial charge < -0.3 is 42.9 Å². The smallest absolute Gasteiger partial charge is 0.226 e. The molecular formula is C44H43Cl3N14O3. The third kappa shape index (κ3) is 10.6. The summed E-state index contributed by atoms with van der Waals surface area (Å²) in [6.07, 6.45) is 12.2. The lowest BCUT2D eigenvalue weighted by atomic mass is 10.1. The van der Waals surface area contributed by atoms with Gasteiger partial charge in [0.25, 0.3) is 0 Å². The Labute approximate surface area is 382 Å². The number of nitrogens with one attached hydrogen (secondary N) is 3. The minimum Gasteiger partial charge on any atom is -0.469 e. The Balaban J connectivity index is 0.000000144. The number of aryl methyl sites for hydroxylation is 2. The number of aromatic nitrogens is 9. The number of likely N-dealkylation sites (N-methyl/N-ethyl adjacent to an activating group) is 1. The number of rotatable bonds is 14. The molecule has 0 amide bonds. The van der Waals surface area contributed by atoms with Crippen LogP contribution in [-0.4, -0.2) is 57.2 Å². The van der Waals surface area contributed by atoms with E-state index < -0.39 is 5.54 Å². The van der Waals surface area contributed by atoms with Crippen LogP contribution in [0.5, 0.6) is 0 Å². The molecule has 17 nitrogen and oxygen atoms in total. The summed E-state index contributed by atoms with van der Waals surface area (Å²) < 4.78 is 21.6. The average Bonchev–Trinajstić information content (AvgIpc) is 4.15. The first-order valence-electron chi connectivity index (χ1n) is 20.1. The third-order valence-electron chi connectivity index (χ3n) is 10.0. The van der Waals surface area contributed by atoms with Gasteiger partial charge in [0, 0.05) is 43.5 Å². The molecule has 0 saturated carbocycles. The van der Waals surface area contributed by atoms with Crippen LogP contribution in [0.2, 0.25) is 15.9 Å². The molecule has 0 aliphatic heterocycles. The molecule has 9 aromatic rings. The third-order valence-corrected chi connectivity index (χ3v) is 10.5. The van der Waals surface area contributed by atoms with E-state index in [4.69, 9.17) is 53.3 Å². The zero-order valence-corrected chi connectivity index (χ0v) is 37.5. The van der Waals surface area contributed by atoms with Crippen molar-refractivity contribution in [1.82, 2.24) is 48.9 Å². The Bertz CT molecular complexity index is 3020.